The first-order valence-electron chi connectivity index (χ1n) is 10.5. The number of thiophene rings is 1. The maximum atomic E-state index is 12.8. The second-order valence-electron chi connectivity index (χ2n) is 7.62. The van der Waals surface area contributed by atoms with E-state index in [-0.39, 0.29) is 17.7 Å². The lowest BCUT2D eigenvalue weighted by molar-refractivity contribution is 0.0240. The smallest absolute Gasteiger partial charge is 0.291 e. The van der Waals surface area contributed by atoms with Gasteiger partial charge in [-0.2, -0.15) is 0 Å². The van der Waals surface area contributed by atoms with Crippen molar-refractivity contribution < 1.29 is 23.4 Å². The molecule has 32 heavy (non-hydrogen) atoms. The first-order valence-corrected chi connectivity index (χ1v) is 11.3. The van der Waals surface area contributed by atoms with Gasteiger partial charge in [0.25, 0.3) is 5.91 Å². The van der Waals surface area contributed by atoms with E-state index in [4.69, 9.17) is 18.6 Å². The van der Waals surface area contributed by atoms with Crippen molar-refractivity contribution in [1.29, 1.82) is 0 Å². The van der Waals surface area contributed by atoms with Gasteiger partial charge in [-0.1, -0.05) is 6.07 Å². The zero-order valence-corrected chi connectivity index (χ0v) is 19.6. The van der Waals surface area contributed by atoms with Crippen LogP contribution >= 0.6 is 11.3 Å². The predicted molar refractivity (Wildman–Crippen MR) is 124 cm³/mol. The summed E-state index contributed by atoms with van der Waals surface area (Å²) in [6, 6.07) is 9.31. The lowest BCUT2D eigenvalue weighted by Crippen LogP contribution is -2.40. The minimum atomic E-state index is -0.259. The van der Waals surface area contributed by atoms with Crippen molar-refractivity contribution in [1.82, 2.24) is 4.90 Å². The number of methoxy groups -OCH3 is 2. The molecule has 0 aliphatic carbocycles. The average molecular weight is 457 g/mol. The third-order valence-corrected chi connectivity index (χ3v) is 6.95. The summed E-state index contributed by atoms with van der Waals surface area (Å²) < 4.78 is 21.9. The van der Waals surface area contributed by atoms with Gasteiger partial charge in [-0.3, -0.25) is 9.69 Å². The van der Waals surface area contributed by atoms with Gasteiger partial charge in [0.2, 0.25) is 0 Å². The summed E-state index contributed by atoms with van der Waals surface area (Å²) in [5.41, 5.74) is 3.32. The Hall–Kier alpha value is -2.81. The molecule has 1 aliphatic rings. The van der Waals surface area contributed by atoms with Gasteiger partial charge in [-0.15, -0.1) is 11.3 Å². The Bertz CT molecular complexity index is 1070. The molecule has 3 aromatic rings. The minimum Gasteiger partial charge on any atom is -0.493 e. The number of benzene rings is 1. The molecule has 1 atom stereocenters. The van der Waals surface area contributed by atoms with Crippen LogP contribution in [0.4, 0.5) is 5.00 Å². The zero-order valence-electron chi connectivity index (χ0n) is 18.8. The molecule has 0 spiro atoms. The molecule has 7 nitrogen and oxygen atoms in total. The Labute approximate surface area is 191 Å². The SMILES string of the molecule is COc1ccc([C@H](c2c(NC(=O)c3ccco3)sc(C)c2C)N2CCOCC2)cc1OC. The largest absolute Gasteiger partial charge is 0.493 e. The molecule has 1 N–H and O–H groups in total. The quantitative estimate of drug-likeness (QED) is 0.558. The molecule has 2 aromatic heterocycles. The molecule has 4 rings (SSSR count). The summed E-state index contributed by atoms with van der Waals surface area (Å²) in [6.45, 7) is 7.10. The Morgan fingerprint density at radius 1 is 1.12 bits per heavy atom. The van der Waals surface area contributed by atoms with Gasteiger partial charge in [-0.05, 0) is 49.2 Å². The van der Waals surface area contributed by atoms with Crippen LogP contribution in [0.3, 0.4) is 0 Å². The number of rotatable bonds is 7. The molecule has 0 bridgehead atoms. The molecule has 0 radical (unpaired) electrons. The number of amides is 1. The summed E-state index contributed by atoms with van der Waals surface area (Å²) in [7, 11) is 3.27. The summed E-state index contributed by atoms with van der Waals surface area (Å²) in [6.07, 6.45) is 1.50. The van der Waals surface area contributed by atoms with E-state index in [2.05, 4.69) is 30.1 Å². The maximum absolute atomic E-state index is 12.8. The van der Waals surface area contributed by atoms with Gasteiger partial charge >= 0.3 is 0 Å². The minimum absolute atomic E-state index is 0.0736. The monoisotopic (exact) mass is 456 g/mol. The number of nitrogens with one attached hydrogen (secondary N) is 1. The Morgan fingerprint density at radius 3 is 2.53 bits per heavy atom. The van der Waals surface area contributed by atoms with Crippen LogP contribution in [0.15, 0.2) is 41.0 Å². The van der Waals surface area contributed by atoms with Gasteiger partial charge in [-0.25, -0.2) is 0 Å². The van der Waals surface area contributed by atoms with Crippen molar-refractivity contribution in [3.63, 3.8) is 0 Å². The molecule has 170 valence electrons. The number of morpholine rings is 1. The molecule has 8 heteroatoms. The zero-order chi connectivity index (χ0) is 22.7. The van der Waals surface area contributed by atoms with Gasteiger partial charge in [0.05, 0.1) is 39.7 Å². The maximum Gasteiger partial charge on any atom is 0.291 e. The number of hydrogen-bond acceptors (Lipinski definition) is 7. The van der Waals surface area contributed by atoms with Crippen molar-refractivity contribution in [3.05, 3.63) is 63.9 Å². The highest BCUT2D eigenvalue weighted by Gasteiger charge is 2.31. The molecule has 1 saturated heterocycles. The van der Waals surface area contributed by atoms with E-state index in [0.29, 0.717) is 24.7 Å². The van der Waals surface area contributed by atoms with Crippen LogP contribution in [0.1, 0.15) is 38.2 Å². The molecule has 1 amide bonds. The second kappa shape index (κ2) is 9.77. The fourth-order valence-electron chi connectivity index (χ4n) is 4.06. The van der Waals surface area contributed by atoms with Crippen LogP contribution in [0.5, 0.6) is 11.5 Å². The summed E-state index contributed by atoms with van der Waals surface area (Å²) in [4.78, 5) is 16.4. The standard InChI is InChI=1S/C24H28N2O5S/c1-15-16(2)32-24(25-23(27)19-6-5-11-31-19)21(15)22(26-9-12-30-13-10-26)17-7-8-18(28-3)20(14-17)29-4/h5-8,11,14,22H,9-10,12-13H2,1-4H3,(H,25,27)/t22-/m1/s1. The van der Waals surface area contributed by atoms with Gasteiger partial charge in [0.15, 0.2) is 17.3 Å². The lowest BCUT2D eigenvalue weighted by Gasteiger charge is -2.36. The van der Waals surface area contributed by atoms with Crippen LogP contribution in [-0.2, 0) is 4.74 Å². The Kier molecular flexibility index (Phi) is 6.83. The van der Waals surface area contributed by atoms with Crippen molar-refractivity contribution in [2.45, 2.75) is 19.9 Å². The first kappa shape index (κ1) is 22.4. The number of aryl methyl sites for hydroxylation is 1. The van der Waals surface area contributed by atoms with Gasteiger partial charge in [0, 0.05) is 23.5 Å². The third-order valence-electron chi connectivity index (χ3n) is 5.81. The normalized spacial score (nSPS) is 15.4. The van der Waals surface area contributed by atoms with E-state index in [1.807, 2.05) is 12.1 Å². The van der Waals surface area contributed by atoms with Crippen LogP contribution in [0.25, 0.3) is 0 Å². The van der Waals surface area contributed by atoms with Crippen molar-refractivity contribution in [2.75, 3.05) is 45.8 Å². The molecular weight excluding hydrogens is 428 g/mol. The Morgan fingerprint density at radius 2 is 1.88 bits per heavy atom. The molecule has 3 heterocycles. The summed E-state index contributed by atoms with van der Waals surface area (Å²) in [5, 5.41) is 3.91. The molecule has 0 unspecified atom stereocenters. The highest BCUT2D eigenvalue weighted by Crippen LogP contribution is 2.44. The number of nitrogens with zero attached hydrogens (tertiary/aromatic N) is 1. The van der Waals surface area contributed by atoms with E-state index in [9.17, 15) is 4.79 Å². The van der Waals surface area contributed by atoms with E-state index < -0.39 is 0 Å². The first-order chi connectivity index (χ1) is 15.5. The molecule has 1 aliphatic heterocycles. The third kappa shape index (κ3) is 4.39. The van der Waals surface area contributed by atoms with E-state index in [1.54, 1.807) is 37.7 Å². The van der Waals surface area contributed by atoms with E-state index >= 15 is 0 Å². The molecule has 0 saturated carbocycles. The van der Waals surface area contributed by atoms with E-state index in [1.165, 1.54) is 6.26 Å². The molecular formula is C24H28N2O5S. The van der Waals surface area contributed by atoms with Crippen LogP contribution in [0.2, 0.25) is 0 Å². The highest BCUT2D eigenvalue weighted by atomic mass is 32.1. The number of carbonyl (C=O) groups excluding carboxylic acids is 1. The highest BCUT2D eigenvalue weighted by molar-refractivity contribution is 7.16. The number of carbonyl (C=O) groups is 1. The number of furan rings is 1. The lowest BCUT2D eigenvalue weighted by atomic mass is 9.94. The fourth-order valence-corrected chi connectivity index (χ4v) is 5.15. The molecule has 1 aromatic carbocycles. The fraction of sp³-hybridized carbons (Fsp3) is 0.375. The van der Waals surface area contributed by atoms with Gasteiger partial charge < -0.3 is 23.9 Å². The second-order valence-corrected chi connectivity index (χ2v) is 8.85. The number of anilines is 1. The molecule has 1 fully saturated rings. The van der Waals surface area contributed by atoms with Crippen LogP contribution < -0.4 is 14.8 Å². The summed E-state index contributed by atoms with van der Waals surface area (Å²) in [5.74, 6) is 1.38. The number of ether oxygens (including phenoxy) is 3. The van der Waals surface area contributed by atoms with Crippen LogP contribution in [-0.4, -0.2) is 51.3 Å². The van der Waals surface area contributed by atoms with Crippen molar-refractivity contribution >= 4 is 22.2 Å². The average Bonchev–Trinajstić information content (AvgIpc) is 3.45. The van der Waals surface area contributed by atoms with Crippen molar-refractivity contribution in [2.24, 2.45) is 0 Å². The number of hydrogen-bond donors (Lipinski definition) is 1. The van der Waals surface area contributed by atoms with Gasteiger partial charge in [0.1, 0.15) is 5.00 Å². The topological polar surface area (TPSA) is 73.2 Å². The Balaban J connectivity index is 1.80. The van der Waals surface area contributed by atoms with Crippen LogP contribution in [0, 0.1) is 13.8 Å². The predicted octanol–water partition coefficient (Wildman–Crippen LogP) is 4.65. The summed E-state index contributed by atoms with van der Waals surface area (Å²) >= 11 is 1.58. The van der Waals surface area contributed by atoms with Crippen molar-refractivity contribution in [3.8, 4) is 11.5 Å². The van der Waals surface area contributed by atoms with E-state index in [0.717, 1.165) is 39.7 Å².